The van der Waals surface area contributed by atoms with Crippen LogP contribution in [0.3, 0.4) is 0 Å². The summed E-state index contributed by atoms with van der Waals surface area (Å²) in [5, 5.41) is 0. The Labute approximate surface area is 164 Å². The van der Waals surface area contributed by atoms with Gasteiger partial charge in [0.25, 0.3) is 0 Å². The molecule has 0 atom stereocenters. The molecule has 1 heterocycles. The number of hydrogen-bond acceptors (Lipinski definition) is 0. The first-order valence-electron chi connectivity index (χ1n) is 8.20. The van der Waals surface area contributed by atoms with Gasteiger partial charge in [0.2, 0.25) is 0 Å². The zero-order valence-corrected chi connectivity index (χ0v) is 17.3. The summed E-state index contributed by atoms with van der Waals surface area (Å²) < 4.78 is 5.01. The molecule has 0 aliphatic carbocycles. The van der Waals surface area contributed by atoms with Crippen LogP contribution in [0, 0.1) is 45.9 Å². The van der Waals surface area contributed by atoms with E-state index in [2.05, 4.69) is 87.3 Å². The van der Waals surface area contributed by atoms with E-state index in [4.69, 9.17) is 15.6 Å². The van der Waals surface area contributed by atoms with Crippen molar-refractivity contribution in [2.45, 2.75) is 41.5 Å². The van der Waals surface area contributed by atoms with E-state index in [1.54, 1.807) is 0 Å². The fraction of sp³-hybridized carbons (Fsp3) is 0.286. The fourth-order valence-electron chi connectivity index (χ4n) is 3.78. The van der Waals surface area contributed by atoms with E-state index >= 15 is 0 Å². The van der Waals surface area contributed by atoms with Gasteiger partial charge in [0, 0.05) is 0 Å². The molecule has 0 spiro atoms. The molecule has 0 bridgehead atoms. The standard InChI is InChI=1S/C21H24N2.ClH.Cu/c1-14-9-16(3)20(17(4)10-14)22-7-8-23(13-22)21-18(5)11-15(2)12-19(21)6;;/h7-12H,1-6H3;1H;. The smallest absolute Gasteiger partial charge is 0.147 e. The second kappa shape index (κ2) is 7.37. The maximum Gasteiger partial charge on any atom is -0.147 e. The Kier molecular flexibility index (Phi) is 5.83. The van der Waals surface area contributed by atoms with Crippen molar-refractivity contribution in [3.8, 4) is 11.4 Å². The van der Waals surface area contributed by atoms with Crippen LogP contribution in [0.5, 0.6) is 0 Å². The molecular weight excluding hydrogens is 379 g/mol. The van der Waals surface area contributed by atoms with E-state index in [1.165, 1.54) is 44.8 Å². The molecule has 0 saturated carbocycles. The van der Waals surface area contributed by atoms with Gasteiger partial charge in [-0.05, 0) is 0 Å². The van der Waals surface area contributed by atoms with E-state index in [0.717, 1.165) is 4.32 Å². The topological polar surface area (TPSA) is 9.86 Å². The van der Waals surface area contributed by atoms with Gasteiger partial charge in [0.05, 0.1) is 0 Å². The van der Waals surface area contributed by atoms with Crippen molar-refractivity contribution in [3.63, 3.8) is 0 Å². The van der Waals surface area contributed by atoms with Crippen molar-refractivity contribution < 1.29 is 15.6 Å². The zero-order valence-electron chi connectivity index (χ0n) is 15.6. The Hall–Kier alpha value is -1.54. The molecule has 0 aliphatic rings. The van der Waals surface area contributed by atoms with E-state index in [0.29, 0.717) is 0 Å². The molecule has 1 aromatic heterocycles. The third kappa shape index (κ3) is 3.55. The largest absolute Gasteiger partial charge is 0.147 e. The van der Waals surface area contributed by atoms with Crippen LogP contribution in [-0.2, 0) is 15.6 Å². The number of imidazole rings is 1. The van der Waals surface area contributed by atoms with Crippen LogP contribution in [0.4, 0.5) is 0 Å². The minimum atomic E-state index is 0. The number of nitrogens with zero attached hydrogens (tertiary/aromatic N) is 2. The second-order valence-corrected chi connectivity index (χ2v) is 7.19. The van der Waals surface area contributed by atoms with Crippen LogP contribution < -0.4 is 0 Å². The quantitative estimate of drug-likeness (QED) is 0.491. The molecule has 0 amide bonds. The monoisotopic (exact) mass is 403 g/mol. The number of aromatic nitrogens is 2. The molecule has 0 aliphatic heterocycles. The molecule has 2 nitrogen and oxygen atoms in total. The molecule has 0 saturated heterocycles. The van der Waals surface area contributed by atoms with E-state index in [-0.39, 0.29) is 12.4 Å². The minimum Gasteiger partial charge on any atom is -0.147 e. The molecule has 4 heteroatoms. The normalized spacial score (nSPS) is 10.7. The molecule has 25 heavy (non-hydrogen) atoms. The Bertz CT molecular complexity index is 871. The van der Waals surface area contributed by atoms with Crippen molar-refractivity contribution >= 4 is 12.4 Å². The SMILES string of the molecule is Cc1cc(C)c(-n2ccn(-c3c(C)cc(C)cc3C)[c]2=[Cu])c(C)c1.Cl. The average Bonchev–Trinajstić information content (AvgIpc) is 2.79. The third-order valence-corrected chi connectivity index (χ3v) is 4.93. The maximum absolute atomic E-state index is 6.00. The van der Waals surface area contributed by atoms with Crippen LogP contribution in [-0.4, -0.2) is 9.13 Å². The Morgan fingerprint density at radius 1 is 0.600 bits per heavy atom. The van der Waals surface area contributed by atoms with Gasteiger partial charge in [-0.3, -0.25) is 0 Å². The summed E-state index contributed by atoms with van der Waals surface area (Å²) in [5.41, 5.74) is 9.91. The summed E-state index contributed by atoms with van der Waals surface area (Å²) in [6, 6.07) is 8.84. The molecule has 2 aromatic carbocycles. The van der Waals surface area contributed by atoms with Crippen LogP contribution >= 0.6 is 12.4 Å². The number of benzene rings is 2. The average molecular weight is 404 g/mol. The Morgan fingerprint density at radius 3 is 1.16 bits per heavy atom. The number of halogens is 1. The maximum atomic E-state index is 6.00. The molecule has 3 aromatic rings. The van der Waals surface area contributed by atoms with Gasteiger partial charge in [0.15, 0.2) is 0 Å². The number of rotatable bonds is 2. The molecule has 137 valence electrons. The van der Waals surface area contributed by atoms with Crippen molar-refractivity contribution in [3.05, 3.63) is 74.4 Å². The van der Waals surface area contributed by atoms with Gasteiger partial charge >= 0.3 is 152 Å². The predicted octanol–water partition coefficient (Wildman–Crippen LogP) is 5.62. The van der Waals surface area contributed by atoms with Gasteiger partial charge in [-0.15, -0.1) is 12.4 Å². The van der Waals surface area contributed by atoms with Crippen LogP contribution in [0.15, 0.2) is 36.7 Å². The molecule has 0 radical (unpaired) electrons. The van der Waals surface area contributed by atoms with Crippen LogP contribution in [0.25, 0.3) is 11.4 Å². The summed E-state index contributed by atoms with van der Waals surface area (Å²) in [6.07, 6.45) is 4.14. The van der Waals surface area contributed by atoms with Crippen molar-refractivity contribution in [1.29, 1.82) is 0 Å². The van der Waals surface area contributed by atoms with Crippen LogP contribution in [0.1, 0.15) is 33.4 Å². The van der Waals surface area contributed by atoms with E-state index in [9.17, 15) is 0 Å². The van der Waals surface area contributed by atoms with Gasteiger partial charge < -0.3 is 0 Å². The van der Waals surface area contributed by atoms with Crippen molar-refractivity contribution in [2.75, 3.05) is 0 Å². The first-order valence-corrected chi connectivity index (χ1v) is 8.68. The van der Waals surface area contributed by atoms with Crippen molar-refractivity contribution in [2.24, 2.45) is 0 Å². The molecule has 0 N–H and O–H groups in total. The second-order valence-electron chi connectivity index (χ2n) is 6.77. The summed E-state index contributed by atoms with van der Waals surface area (Å²) in [4.78, 5) is 0. The van der Waals surface area contributed by atoms with Crippen molar-refractivity contribution in [1.82, 2.24) is 9.13 Å². The predicted molar refractivity (Wildman–Crippen MR) is 104 cm³/mol. The van der Waals surface area contributed by atoms with E-state index < -0.39 is 0 Å². The molecule has 3 rings (SSSR count). The first kappa shape index (κ1) is 19.8. The van der Waals surface area contributed by atoms with Gasteiger partial charge in [-0.1, -0.05) is 0 Å². The molecule has 0 unspecified atom stereocenters. The van der Waals surface area contributed by atoms with Gasteiger partial charge in [-0.25, -0.2) is 0 Å². The molecular formula is C21H25ClCuN2. The summed E-state index contributed by atoms with van der Waals surface area (Å²) >= 11 is 6.00. The van der Waals surface area contributed by atoms with E-state index in [1.807, 2.05) is 0 Å². The number of hydrogen-bond donors (Lipinski definition) is 0. The zero-order chi connectivity index (χ0) is 17.6. The van der Waals surface area contributed by atoms with Gasteiger partial charge in [-0.2, -0.15) is 0 Å². The molecule has 0 fully saturated rings. The van der Waals surface area contributed by atoms with Gasteiger partial charge in [0.1, 0.15) is 0 Å². The summed E-state index contributed by atoms with van der Waals surface area (Å²) in [5.74, 6) is 0. The Morgan fingerprint density at radius 2 is 0.880 bits per heavy atom. The summed E-state index contributed by atoms with van der Waals surface area (Å²) in [6.45, 7) is 12.9. The first-order chi connectivity index (χ1) is 11.3. The summed E-state index contributed by atoms with van der Waals surface area (Å²) in [7, 11) is 0. The fourth-order valence-corrected chi connectivity index (χ4v) is 4.13. The Balaban J connectivity index is 0.00000225. The van der Waals surface area contributed by atoms with Crippen LogP contribution in [0.2, 0.25) is 0 Å². The minimum absolute atomic E-state index is 0. The third-order valence-electron chi connectivity index (χ3n) is 4.48. The number of aryl methyl sites for hydroxylation is 6.